The van der Waals surface area contributed by atoms with Gasteiger partial charge in [-0.25, -0.2) is 0 Å². The van der Waals surface area contributed by atoms with Crippen molar-refractivity contribution < 1.29 is 0 Å². The summed E-state index contributed by atoms with van der Waals surface area (Å²) in [5, 5.41) is 4.54. The summed E-state index contributed by atoms with van der Waals surface area (Å²) in [4.78, 5) is 0. The second kappa shape index (κ2) is 8.96. The lowest BCUT2D eigenvalue weighted by atomic mass is 10.2. The standard InChI is InChI=1S/C14H25NS/c1-3-5-8-13(15-11-4-2)12-16-14-9-6-7-10-14/h13-15H,4,6-12H2,1-2H3. The van der Waals surface area contributed by atoms with Crippen molar-refractivity contribution in [2.75, 3.05) is 12.3 Å². The molecule has 0 aromatic carbocycles. The minimum atomic E-state index is 0.595. The Morgan fingerprint density at radius 3 is 2.75 bits per heavy atom. The SMILES string of the molecule is CC#CCC(CSC1CCCC1)NCCC. The Balaban J connectivity index is 2.20. The average molecular weight is 239 g/mol. The molecule has 92 valence electrons. The maximum Gasteiger partial charge on any atom is 0.0267 e. The molecule has 1 aliphatic carbocycles. The van der Waals surface area contributed by atoms with Gasteiger partial charge in [0.1, 0.15) is 0 Å². The van der Waals surface area contributed by atoms with Crippen LogP contribution in [0.1, 0.15) is 52.4 Å². The fourth-order valence-electron chi connectivity index (χ4n) is 2.07. The van der Waals surface area contributed by atoms with Crippen LogP contribution in [0, 0.1) is 11.8 Å². The Labute approximate surface area is 105 Å². The molecule has 1 fully saturated rings. The molecular weight excluding hydrogens is 214 g/mol. The number of rotatable bonds is 7. The summed E-state index contributed by atoms with van der Waals surface area (Å²) in [6, 6.07) is 0.595. The van der Waals surface area contributed by atoms with Crippen LogP contribution in [-0.4, -0.2) is 23.6 Å². The van der Waals surface area contributed by atoms with Gasteiger partial charge in [0.2, 0.25) is 0 Å². The molecule has 0 amide bonds. The second-order valence-corrected chi connectivity index (χ2v) is 5.86. The Kier molecular flexibility index (Phi) is 7.80. The number of hydrogen-bond donors (Lipinski definition) is 1. The third-order valence-corrected chi connectivity index (χ3v) is 4.58. The zero-order valence-corrected chi connectivity index (χ0v) is 11.5. The Morgan fingerprint density at radius 2 is 2.12 bits per heavy atom. The molecule has 0 spiro atoms. The first-order chi connectivity index (χ1) is 7.86. The van der Waals surface area contributed by atoms with Crippen molar-refractivity contribution in [3.05, 3.63) is 0 Å². The lowest BCUT2D eigenvalue weighted by Gasteiger charge is -2.18. The van der Waals surface area contributed by atoms with Crippen molar-refractivity contribution in [2.24, 2.45) is 0 Å². The van der Waals surface area contributed by atoms with Gasteiger partial charge >= 0.3 is 0 Å². The van der Waals surface area contributed by atoms with Crippen LogP contribution in [0.4, 0.5) is 0 Å². The monoisotopic (exact) mass is 239 g/mol. The Hall–Kier alpha value is -0.130. The third kappa shape index (κ3) is 5.82. The van der Waals surface area contributed by atoms with E-state index in [-0.39, 0.29) is 0 Å². The van der Waals surface area contributed by atoms with Gasteiger partial charge < -0.3 is 5.32 Å². The summed E-state index contributed by atoms with van der Waals surface area (Å²) >= 11 is 2.16. The van der Waals surface area contributed by atoms with Crippen molar-refractivity contribution >= 4 is 11.8 Å². The zero-order chi connectivity index (χ0) is 11.6. The first-order valence-electron chi connectivity index (χ1n) is 6.61. The highest BCUT2D eigenvalue weighted by atomic mass is 32.2. The van der Waals surface area contributed by atoms with Gasteiger partial charge in [-0.3, -0.25) is 0 Å². The van der Waals surface area contributed by atoms with Crippen molar-refractivity contribution in [3.63, 3.8) is 0 Å². The molecule has 1 N–H and O–H groups in total. The molecule has 2 heteroatoms. The van der Waals surface area contributed by atoms with Crippen LogP contribution in [-0.2, 0) is 0 Å². The molecule has 0 aromatic rings. The van der Waals surface area contributed by atoms with E-state index < -0.39 is 0 Å². The molecule has 1 unspecified atom stereocenters. The van der Waals surface area contributed by atoms with Gasteiger partial charge in [0, 0.05) is 23.5 Å². The van der Waals surface area contributed by atoms with E-state index >= 15 is 0 Å². The molecule has 0 heterocycles. The summed E-state index contributed by atoms with van der Waals surface area (Å²) in [6.07, 6.45) is 7.98. The van der Waals surface area contributed by atoms with Crippen molar-refractivity contribution in [1.29, 1.82) is 0 Å². The molecule has 0 saturated heterocycles. The van der Waals surface area contributed by atoms with Gasteiger partial charge in [0.25, 0.3) is 0 Å². The van der Waals surface area contributed by atoms with Crippen LogP contribution < -0.4 is 5.32 Å². The van der Waals surface area contributed by atoms with Gasteiger partial charge in [-0.05, 0) is 32.7 Å². The Bertz CT molecular complexity index is 223. The lowest BCUT2D eigenvalue weighted by Crippen LogP contribution is -2.32. The maximum atomic E-state index is 3.60. The van der Waals surface area contributed by atoms with Gasteiger partial charge in [0.15, 0.2) is 0 Å². The summed E-state index contributed by atoms with van der Waals surface area (Å²) in [5.74, 6) is 7.45. The number of thioether (sulfide) groups is 1. The van der Waals surface area contributed by atoms with E-state index in [2.05, 4.69) is 35.8 Å². The minimum absolute atomic E-state index is 0.595. The van der Waals surface area contributed by atoms with Gasteiger partial charge in [-0.2, -0.15) is 11.8 Å². The smallest absolute Gasteiger partial charge is 0.0267 e. The molecule has 0 aliphatic heterocycles. The molecule has 1 rings (SSSR count). The zero-order valence-electron chi connectivity index (χ0n) is 10.7. The van der Waals surface area contributed by atoms with Crippen molar-refractivity contribution in [3.8, 4) is 11.8 Å². The topological polar surface area (TPSA) is 12.0 Å². The van der Waals surface area contributed by atoms with E-state index in [9.17, 15) is 0 Å². The molecule has 1 saturated carbocycles. The first kappa shape index (κ1) is 13.9. The molecule has 0 aromatic heterocycles. The van der Waals surface area contributed by atoms with Crippen LogP contribution >= 0.6 is 11.8 Å². The molecule has 1 nitrogen and oxygen atoms in total. The van der Waals surface area contributed by atoms with Crippen LogP contribution in [0.2, 0.25) is 0 Å². The van der Waals surface area contributed by atoms with Crippen LogP contribution in [0.5, 0.6) is 0 Å². The fraction of sp³-hybridized carbons (Fsp3) is 0.857. The highest BCUT2D eigenvalue weighted by Gasteiger charge is 2.17. The highest BCUT2D eigenvalue weighted by molar-refractivity contribution is 7.99. The molecule has 16 heavy (non-hydrogen) atoms. The summed E-state index contributed by atoms with van der Waals surface area (Å²) < 4.78 is 0. The first-order valence-corrected chi connectivity index (χ1v) is 7.66. The summed E-state index contributed by atoms with van der Waals surface area (Å²) in [7, 11) is 0. The van der Waals surface area contributed by atoms with Crippen molar-refractivity contribution in [1.82, 2.24) is 5.32 Å². The molecule has 1 atom stereocenters. The van der Waals surface area contributed by atoms with Crippen LogP contribution in [0.15, 0.2) is 0 Å². The van der Waals surface area contributed by atoms with E-state index in [1.807, 2.05) is 6.92 Å². The van der Waals surface area contributed by atoms with Crippen LogP contribution in [0.3, 0.4) is 0 Å². The summed E-state index contributed by atoms with van der Waals surface area (Å²) in [5.41, 5.74) is 0. The number of hydrogen-bond acceptors (Lipinski definition) is 2. The normalized spacial score (nSPS) is 18.1. The predicted molar refractivity (Wildman–Crippen MR) is 74.9 cm³/mol. The van der Waals surface area contributed by atoms with E-state index in [4.69, 9.17) is 0 Å². The van der Waals surface area contributed by atoms with E-state index in [1.54, 1.807) is 0 Å². The summed E-state index contributed by atoms with van der Waals surface area (Å²) in [6.45, 7) is 5.28. The quantitative estimate of drug-likeness (QED) is 0.683. The Morgan fingerprint density at radius 1 is 1.38 bits per heavy atom. The van der Waals surface area contributed by atoms with E-state index in [0.717, 1.165) is 18.2 Å². The molecular formula is C14H25NS. The average Bonchev–Trinajstić information content (AvgIpc) is 2.81. The number of nitrogens with one attached hydrogen (secondary N) is 1. The van der Waals surface area contributed by atoms with Gasteiger partial charge in [0.05, 0.1) is 0 Å². The van der Waals surface area contributed by atoms with Gasteiger partial charge in [-0.15, -0.1) is 11.8 Å². The molecule has 0 radical (unpaired) electrons. The molecule has 0 bridgehead atoms. The molecule has 1 aliphatic rings. The van der Waals surface area contributed by atoms with Crippen LogP contribution in [0.25, 0.3) is 0 Å². The highest BCUT2D eigenvalue weighted by Crippen LogP contribution is 2.29. The minimum Gasteiger partial charge on any atom is -0.312 e. The van der Waals surface area contributed by atoms with E-state index in [1.165, 1.54) is 37.9 Å². The van der Waals surface area contributed by atoms with E-state index in [0.29, 0.717) is 6.04 Å². The lowest BCUT2D eigenvalue weighted by molar-refractivity contribution is 0.562. The predicted octanol–water partition coefficient (Wildman–Crippen LogP) is 3.44. The largest absolute Gasteiger partial charge is 0.312 e. The second-order valence-electron chi connectivity index (χ2n) is 4.52. The van der Waals surface area contributed by atoms with Gasteiger partial charge in [-0.1, -0.05) is 19.8 Å². The third-order valence-electron chi connectivity index (χ3n) is 3.04. The van der Waals surface area contributed by atoms with Crippen molar-refractivity contribution in [2.45, 2.75) is 63.7 Å². The fourth-order valence-corrected chi connectivity index (χ4v) is 3.48. The maximum absolute atomic E-state index is 3.60.